The van der Waals surface area contributed by atoms with Crippen molar-refractivity contribution in [1.82, 2.24) is 5.32 Å². The van der Waals surface area contributed by atoms with Crippen LogP contribution in [0.5, 0.6) is 0 Å². The van der Waals surface area contributed by atoms with Crippen LogP contribution >= 0.6 is 0 Å². The van der Waals surface area contributed by atoms with Gasteiger partial charge in [-0.25, -0.2) is 0 Å². The van der Waals surface area contributed by atoms with Crippen molar-refractivity contribution in [2.45, 2.75) is 413 Å². The first-order valence-corrected chi connectivity index (χ1v) is 40.7. The minimum Gasteiger partial charge on any atom is -0.394 e. The molecule has 0 aromatic heterocycles. The molecule has 3 rings (SSSR count). The van der Waals surface area contributed by atoms with Crippen LogP contribution in [0.1, 0.15) is 309 Å². The third kappa shape index (κ3) is 42.4. The number of unbranched alkanes of at least 4 members (excludes halogenated alkanes) is 38. The zero-order chi connectivity index (χ0) is 73.2. The van der Waals surface area contributed by atoms with Crippen LogP contribution in [0.3, 0.4) is 0 Å². The summed E-state index contributed by atoms with van der Waals surface area (Å²) < 4.78 is 34.4. The largest absolute Gasteiger partial charge is 0.394 e. The zero-order valence-corrected chi connectivity index (χ0v) is 62.9. The van der Waals surface area contributed by atoms with Gasteiger partial charge in [0.05, 0.1) is 38.6 Å². The second kappa shape index (κ2) is 62.3. The molecular formula is C82H147NO18. The molecule has 0 radical (unpaired) electrons. The summed E-state index contributed by atoms with van der Waals surface area (Å²) in [6.45, 7) is 1.64. The molecule has 588 valence electrons. The highest BCUT2D eigenvalue weighted by Crippen LogP contribution is 2.33. The molecule has 17 unspecified atom stereocenters. The fraction of sp³-hybridized carbons (Fsp3) is 0.841. The lowest BCUT2D eigenvalue weighted by Crippen LogP contribution is -2.66. The molecule has 0 spiro atoms. The third-order valence-electron chi connectivity index (χ3n) is 20.0. The number of rotatable bonds is 64. The highest BCUT2D eigenvalue weighted by molar-refractivity contribution is 5.76. The smallest absolute Gasteiger partial charge is 0.220 e. The van der Waals surface area contributed by atoms with Gasteiger partial charge in [-0.3, -0.25) is 4.79 Å². The van der Waals surface area contributed by atoms with E-state index in [-0.39, 0.29) is 18.9 Å². The quantitative estimate of drug-likeness (QED) is 0.0199. The molecule has 1 amide bonds. The van der Waals surface area contributed by atoms with Gasteiger partial charge in [-0.1, -0.05) is 305 Å². The van der Waals surface area contributed by atoms with E-state index in [1.54, 1.807) is 6.08 Å². The van der Waals surface area contributed by atoms with E-state index in [9.17, 15) is 61.0 Å². The Bertz CT molecular complexity index is 2110. The summed E-state index contributed by atoms with van der Waals surface area (Å²) in [7, 11) is 0. The lowest BCUT2D eigenvalue weighted by molar-refractivity contribution is -0.379. The summed E-state index contributed by atoms with van der Waals surface area (Å²) in [5, 5.41) is 121. The van der Waals surface area contributed by atoms with Gasteiger partial charge in [0, 0.05) is 6.42 Å². The van der Waals surface area contributed by atoms with E-state index in [0.717, 1.165) is 64.2 Å². The van der Waals surface area contributed by atoms with Crippen molar-refractivity contribution in [1.29, 1.82) is 0 Å². The van der Waals surface area contributed by atoms with Crippen LogP contribution in [-0.4, -0.2) is 193 Å². The predicted octanol–water partition coefficient (Wildman–Crippen LogP) is 13.6. The Labute approximate surface area is 610 Å². The summed E-state index contributed by atoms with van der Waals surface area (Å²) in [4.78, 5) is 13.5. The molecule has 0 bridgehead atoms. The number of aliphatic hydroxyl groups is 11. The van der Waals surface area contributed by atoms with Crippen LogP contribution in [0, 0.1) is 0 Å². The minimum atomic E-state index is -1.98. The van der Waals surface area contributed by atoms with Crippen LogP contribution in [0.25, 0.3) is 0 Å². The van der Waals surface area contributed by atoms with Crippen molar-refractivity contribution in [3.8, 4) is 0 Å². The van der Waals surface area contributed by atoms with E-state index >= 15 is 0 Å². The molecule has 101 heavy (non-hydrogen) atoms. The molecule has 12 N–H and O–H groups in total. The van der Waals surface area contributed by atoms with Crippen molar-refractivity contribution in [3.63, 3.8) is 0 Å². The van der Waals surface area contributed by atoms with E-state index in [2.05, 4.69) is 79.9 Å². The van der Waals surface area contributed by atoms with Gasteiger partial charge < -0.3 is 89.9 Å². The molecular weight excluding hydrogens is 1290 g/mol. The maximum absolute atomic E-state index is 13.5. The molecule has 17 atom stereocenters. The number of aliphatic hydroxyl groups excluding tert-OH is 11. The Kier molecular flexibility index (Phi) is 57.0. The molecule has 3 aliphatic rings. The molecule has 3 fully saturated rings. The van der Waals surface area contributed by atoms with Crippen LogP contribution in [-0.2, 0) is 33.2 Å². The van der Waals surface area contributed by atoms with Crippen LogP contribution in [0.15, 0.2) is 72.9 Å². The highest BCUT2D eigenvalue weighted by atomic mass is 16.8. The van der Waals surface area contributed by atoms with Gasteiger partial charge in [0.1, 0.15) is 73.2 Å². The first-order chi connectivity index (χ1) is 49.3. The molecule has 3 aliphatic heterocycles. The average molecular weight is 1440 g/mol. The highest BCUT2D eigenvalue weighted by Gasteiger charge is 2.54. The normalized spacial score (nSPS) is 26.7. The molecule has 0 saturated carbocycles. The first kappa shape index (κ1) is 92.4. The lowest BCUT2D eigenvalue weighted by Gasteiger charge is -2.48. The number of carbonyl (C=O) groups is 1. The maximum atomic E-state index is 13.5. The number of ether oxygens (including phenoxy) is 6. The second-order valence-corrected chi connectivity index (χ2v) is 28.8. The Balaban J connectivity index is 1.38. The third-order valence-corrected chi connectivity index (χ3v) is 20.0. The monoisotopic (exact) mass is 1430 g/mol. The standard InChI is InChI=1S/C82H147NO18/c1-3-5-7-9-11-13-15-17-19-21-23-25-27-29-31-32-34-36-38-40-42-44-46-48-50-52-54-56-58-60-70(88)83-65(66(87)59-57-55-53-51-49-47-45-43-41-39-37-35-33-30-28-26-24-22-20-18-16-14-12-10-8-6-4-2)64-96-80-76(94)73(91)78(68(62-85)98-80)101-82-77(95)74(92)79(69(63-86)99-82)100-81-75(93)72(90)71(89)67(61-84)97-81/h5,7,11,13,17,19,23,25,49,51,57,59,65-69,71-82,84-87,89-95H,3-4,6,8-10,12,14-16,18,20-22,24,26-48,50,52-56,58,60-64H2,1-2H3,(H,83,88)/b7-5-,13-11-,19-17-,25-23-,51-49+,59-57+. The summed E-state index contributed by atoms with van der Waals surface area (Å²) in [6.07, 6.45) is 54.6. The van der Waals surface area contributed by atoms with Crippen LogP contribution in [0.2, 0.25) is 0 Å². The Morgan fingerprint density at radius 3 is 1.11 bits per heavy atom. The van der Waals surface area contributed by atoms with Crippen LogP contribution in [0.4, 0.5) is 0 Å². The van der Waals surface area contributed by atoms with E-state index in [1.165, 1.54) is 212 Å². The van der Waals surface area contributed by atoms with E-state index < -0.39 is 124 Å². The van der Waals surface area contributed by atoms with Crippen LogP contribution < -0.4 is 5.32 Å². The van der Waals surface area contributed by atoms with Gasteiger partial charge in [-0.2, -0.15) is 0 Å². The fourth-order valence-corrected chi connectivity index (χ4v) is 13.5. The summed E-state index contributed by atoms with van der Waals surface area (Å²) in [5.41, 5.74) is 0. The number of allylic oxidation sites excluding steroid dienone is 11. The van der Waals surface area contributed by atoms with Crippen molar-refractivity contribution >= 4 is 5.91 Å². The van der Waals surface area contributed by atoms with Crippen molar-refractivity contribution in [2.24, 2.45) is 0 Å². The molecule has 3 heterocycles. The average Bonchev–Trinajstić information content (AvgIpc) is 0.796. The van der Waals surface area contributed by atoms with Gasteiger partial charge in [-0.05, 0) is 70.6 Å². The SMILES string of the molecule is CC/C=C\C/C=C\C/C=C\C/C=C\CCCCCCCCCCCCCCCCCCC(=O)NC(COC1OC(CO)C(OC2OC(CO)C(OC3OC(CO)C(O)C(O)C3O)C(O)C2O)C(O)C1O)C(O)/C=C/CC/C=C/CCCCCCCCCCCCCCCCCCCCCCC. The number of hydrogen-bond donors (Lipinski definition) is 12. The number of hydrogen-bond acceptors (Lipinski definition) is 18. The van der Waals surface area contributed by atoms with E-state index in [4.69, 9.17) is 28.4 Å². The van der Waals surface area contributed by atoms with Crippen molar-refractivity contribution < 1.29 is 89.4 Å². The van der Waals surface area contributed by atoms with Gasteiger partial charge in [0.2, 0.25) is 5.91 Å². The molecule has 0 aromatic rings. The number of nitrogens with one attached hydrogen (secondary N) is 1. The predicted molar refractivity (Wildman–Crippen MR) is 401 cm³/mol. The topological polar surface area (TPSA) is 307 Å². The number of carbonyl (C=O) groups excluding carboxylic acids is 1. The summed E-state index contributed by atoms with van der Waals surface area (Å²) in [6, 6.07) is -0.994. The van der Waals surface area contributed by atoms with Gasteiger partial charge in [0.25, 0.3) is 0 Å². The minimum absolute atomic E-state index is 0.234. The Morgan fingerprint density at radius 1 is 0.366 bits per heavy atom. The molecule has 0 aromatic carbocycles. The Hall–Kier alpha value is -2.77. The molecule has 19 nitrogen and oxygen atoms in total. The van der Waals surface area contributed by atoms with E-state index in [1.807, 2.05) is 6.08 Å². The van der Waals surface area contributed by atoms with Gasteiger partial charge in [0.15, 0.2) is 18.9 Å². The van der Waals surface area contributed by atoms with E-state index in [0.29, 0.717) is 12.8 Å². The summed E-state index contributed by atoms with van der Waals surface area (Å²) in [5.74, 6) is -0.283. The Morgan fingerprint density at radius 2 is 0.693 bits per heavy atom. The maximum Gasteiger partial charge on any atom is 0.220 e. The van der Waals surface area contributed by atoms with Crippen molar-refractivity contribution in [2.75, 3.05) is 26.4 Å². The van der Waals surface area contributed by atoms with Crippen molar-refractivity contribution in [3.05, 3.63) is 72.9 Å². The molecule has 19 heteroatoms. The first-order valence-electron chi connectivity index (χ1n) is 40.7. The summed E-state index contributed by atoms with van der Waals surface area (Å²) >= 11 is 0. The second-order valence-electron chi connectivity index (χ2n) is 28.8. The number of amides is 1. The van der Waals surface area contributed by atoms with Gasteiger partial charge >= 0.3 is 0 Å². The fourth-order valence-electron chi connectivity index (χ4n) is 13.5. The molecule has 0 aliphatic carbocycles. The lowest BCUT2D eigenvalue weighted by atomic mass is 9.96. The van der Waals surface area contributed by atoms with Gasteiger partial charge in [-0.15, -0.1) is 0 Å². The zero-order valence-electron chi connectivity index (χ0n) is 62.9. The molecule has 3 saturated heterocycles.